The molecule has 0 atom stereocenters. The highest BCUT2D eigenvalue weighted by Crippen LogP contribution is 2.41. The Labute approximate surface area is 111 Å². The zero-order valence-corrected chi connectivity index (χ0v) is 12.4. The molecule has 1 amide bonds. The van der Waals surface area contributed by atoms with E-state index in [1.54, 1.807) is 17.7 Å². The average Bonchev–Trinajstić information content (AvgIpc) is 2.23. The van der Waals surface area contributed by atoms with Crippen molar-refractivity contribution >= 4 is 27.5 Å². The molecule has 1 aromatic carbocycles. The molecule has 0 unspecified atom stereocenters. The number of hydrogen-bond donors (Lipinski definition) is 1. The normalized spacial score (nSPS) is 11.3. The zero-order chi connectivity index (χ0) is 12.9. The summed E-state index contributed by atoms with van der Waals surface area (Å²) in [4.78, 5) is 12.1. The highest BCUT2D eigenvalue weighted by atomic mass is 33.1. The summed E-state index contributed by atoms with van der Waals surface area (Å²) in [5.74, 6) is 0.00766. The van der Waals surface area contributed by atoms with Gasteiger partial charge in [0, 0.05) is 23.1 Å². The molecule has 0 spiro atoms. The van der Waals surface area contributed by atoms with Crippen molar-refractivity contribution in [1.29, 1.82) is 0 Å². The second kappa shape index (κ2) is 6.36. The Hall–Kier alpha value is -0.610. The zero-order valence-electron chi connectivity index (χ0n) is 10.7. The Kier molecular flexibility index (Phi) is 5.40. The van der Waals surface area contributed by atoms with Crippen LogP contribution in [0.5, 0.6) is 0 Å². The first-order chi connectivity index (χ1) is 7.88. The van der Waals surface area contributed by atoms with Gasteiger partial charge in [0.15, 0.2) is 0 Å². The second-order valence-electron chi connectivity index (χ2n) is 4.80. The number of carbonyl (C=O) groups is 1. The van der Waals surface area contributed by atoms with Crippen molar-refractivity contribution in [2.75, 3.05) is 0 Å². The monoisotopic (exact) mass is 269 g/mol. The summed E-state index contributed by atoms with van der Waals surface area (Å²) >= 11 is 0. The molecule has 1 N–H and O–H groups in total. The van der Waals surface area contributed by atoms with Crippen LogP contribution < -0.4 is 5.32 Å². The van der Waals surface area contributed by atoms with Crippen LogP contribution in [0.2, 0.25) is 0 Å². The van der Waals surface area contributed by atoms with Crippen molar-refractivity contribution in [2.24, 2.45) is 0 Å². The van der Waals surface area contributed by atoms with Crippen LogP contribution in [0.3, 0.4) is 0 Å². The summed E-state index contributed by atoms with van der Waals surface area (Å²) in [6, 6.07) is 8.19. The number of hydrogen-bond acceptors (Lipinski definition) is 3. The maximum atomic E-state index is 10.9. The SMILES string of the molecule is CC(=O)NCc1ccccc1SSC(C)(C)C. The molecule has 0 saturated heterocycles. The van der Waals surface area contributed by atoms with Gasteiger partial charge >= 0.3 is 0 Å². The standard InChI is InChI=1S/C13H19NOS2/c1-10(15)14-9-11-7-5-6-8-12(11)16-17-13(2,3)4/h5-8H,9H2,1-4H3,(H,14,15). The molecule has 0 aromatic heterocycles. The molecule has 0 bridgehead atoms. The van der Waals surface area contributed by atoms with Gasteiger partial charge in [-0.25, -0.2) is 0 Å². The molecule has 1 rings (SSSR count). The van der Waals surface area contributed by atoms with Crippen molar-refractivity contribution < 1.29 is 4.79 Å². The first-order valence-corrected chi connectivity index (χ1v) is 7.71. The molecule has 0 aliphatic rings. The lowest BCUT2D eigenvalue weighted by Gasteiger charge is -2.17. The fraction of sp³-hybridized carbons (Fsp3) is 0.462. The number of amides is 1. The highest BCUT2D eigenvalue weighted by molar-refractivity contribution is 8.77. The Balaban J connectivity index is 2.67. The van der Waals surface area contributed by atoms with Crippen molar-refractivity contribution in [3.63, 3.8) is 0 Å². The lowest BCUT2D eigenvalue weighted by Crippen LogP contribution is -2.19. The quantitative estimate of drug-likeness (QED) is 0.842. The van der Waals surface area contributed by atoms with E-state index in [0.717, 1.165) is 0 Å². The van der Waals surface area contributed by atoms with E-state index in [9.17, 15) is 4.79 Å². The Bertz CT molecular complexity index is 385. The highest BCUT2D eigenvalue weighted by Gasteiger charge is 2.13. The van der Waals surface area contributed by atoms with Crippen molar-refractivity contribution in [3.05, 3.63) is 29.8 Å². The van der Waals surface area contributed by atoms with E-state index in [4.69, 9.17) is 0 Å². The molecule has 17 heavy (non-hydrogen) atoms. The van der Waals surface area contributed by atoms with Crippen LogP contribution in [0.25, 0.3) is 0 Å². The maximum Gasteiger partial charge on any atom is 0.217 e. The van der Waals surface area contributed by atoms with Gasteiger partial charge in [-0.1, -0.05) is 60.6 Å². The predicted octanol–water partition coefficient (Wildman–Crippen LogP) is 3.86. The molecule has 1 aromatic rings. The Morgan fingerprint density at radius 3 is 2.53 bits per heavy atom. The molecule has 4 heteroatoms. The summed E-state index contributed by atoms with van der Waals surface area (Å²) in [5, 5.41) is 2.84. The van der Waals surface area contributed by atoms with Crippen molar-refractivity contribution in [1.82, 2.24) is 5.32 Å². The van der Waals surface area contributed by atoms with Crippen LogP contribution in [0.1, 0.15) is 33.3 Å². The molecule has 0 aliphatic carbocycles. The first-order valence-electron chi connectivity index (χ1n) is 5.56. The van der Waals surface area contributed by atoms with Crippen LogP contribution in [0.15, 0.2) is 29.2 Å². The van der Waals surface area contributed by atoms with E-state index >= 15 is 0 Å². The minimum Gasteiger partial charge on any atom is -0.352 e. The Morgan fingerprint density at radius 1 is 1.29 bits per heavy atom. The van der Waals surface area contributed by atoms with Crippen LogP contribution in [0, 0.1) is 0 Å². The fourth-order valence-electron chi connectivity index (χ4n) is 1.12. The molecule has 2 nitrogen and oxygen atoms in total. The van der Waals surface area contributed by atoms with E-state index in [1.807, 2.05) is 22.9 Å². The van der Waals surface area contributed by atoms with E-state index < -0.39 is 0 Å². The number of benzene rings is 1. The summed E-state index contributed by atoms with van der Waals surface area (Å²) in [6.45, 7) is 8.73. The third kappa shape index (κ3) is 6.03. The number of carbonyl (C=O) groups excluding carboxylic acids is 1. The van der Waals surface area contributed by atoms with Gasteiger partial charge in [-0.3, -0.25) is 4.79 Å². The van der Waals surface area contributed by atoms with Gasteiger partial charge < -0.3 is 5.32 Å². The van der Waals surface area contributed by atoms with E-state index in [2.05, 4.69) is 38.2 Å². The van der Waals surface area contributed by atoms with E-state index in [0.29, 0.717) is 6.54 Å². The summed E-state index contributed by atoms with van der Waals surface area (Å²) in [5.41, 5.74) is 1.17. The lowest BCUT2D eigenvalue weighted by molar-refractivity contribution is -0.119. The van der Waals surface area contributed by atoms with Gasteiger partial charge in [0.05, 0.1) is 0 Å². The fourth-order valence-corrected chi connectivity index (χ4v) is 3.35. The van der Waals surface area contributed by atoms with Gasteiger partial charge in [0.2, 0.25) is 5.91 Å². The summed E-state index contributed by atoms with van der Waals surface area (Å²) < 4.78 is 0.228. The molecular formula is C13H19NOS2. The molecule has 0 saturated carbocycles. The third-order valence-electron chi connectivity index (χ3n) is 1.88. The van der Waals surface area contributed by atoms with Crippen molar-refractivity contribution in [3.8, 4) is 0 Å². The number of rotatable bonds is 4. The van der Waals surface area contributed by atoms with Crippen LogP contribution >= 0.6 is 21.6 Å². The van der Waals surface area contributed by atoms with E-state index in [-0.39, 0.29) is 10.7 Å². The van der Waals surface area contributed by atoms with Gasteiger partial charge in [-0.2, -0.15) is 0 Å². The molecule has 0 radical (unpaired) electrons. The molecule has 0 aliphatic heterocycles. The molecule has 94 valence electrons. The first kappa shape index (κ1) is 14.5. The van der Waals surface area contributed by atoms with Crippen LogP contribution in [-0.4, -0.2) is 10.7 Å². The van der Waals surface area contributed by atoms with E-state index in [1.165, 1.54) is 10.5 Å². The minimum absolute atomic E-state index is 0.00766. The van der Waals surface area contributed by atoms with Crippen LogP contribution in [-0.2, 0) is 11.3 Å². The molecular weight excluding hydrogens is 250 g/mol. The Morgan fingerprint density at radius 2 is 1.94 bits per heavy atom. The summed E-state index contributed by atoms with van der Waals surface area (Å²) in [7, 11) is 3.61. The van der Waals surface area contributed by atoms with Crippen LogP contribution in [0.4, 0.5) is 0 Å². The molecule has 0 fully saturated rings. The number of nitrogens with one attached hydrogen (secondary N) is 1. The lowest BCUT2D eigenvalue weighted by atomic mass is 10.2. The van der Waals surface area contributed by atoms with Gasteiger partial charge in [0.1, 0.15) is 0 Å². The molecule has 0 heterocycles. The van der Waals surface area contributed by atoms with Gasteiger partial charge in [0.25, 0.3) is 0 Å². The third-order valence-corrected chi connectivity index (χ3v) is 5.33. The van der Waals surface area contributed by atoms with Crippen molar-refractivity contribution in [2.45, 2.75) is 43.9 Å². The summed E-state index contributed by atoms with van der Waals surface area (Å²) in [6.07, 6.45) is 0. The smallest absolute Gasteiger partial charge is 0.217 e. The largest absolute Gasteiger partial charge is 0.352 e. The average molecular weight is 269 g/mol. The second-order valence-corrected chi connectivity index (χ2v) is 7.79. The van der Waals surface area contributed by atoms with Gasteiger partial charge in [-0.05, 0) is 11.6 Å². The topological polar surface area (TPSA) is 29.1 Å². The predicted molar refractivity (Wildman–Crippen MR) is 77.2 cm³/mol. The maximum absolute atomic E-state index is 10.9. The minimum atomic E-state index is 0.00766. The van der Waals surface area contributed by atoms with Gasteiger partial charge in [-0.15, -0.1) is 0 Å².